The third-order valence-electron chi connectivity index (χ3n) is 5.55. The molecule has 0 amide bonds. The number of esters is 1. The number of aromatic nitrogens is 3. The Morgan fingerprint density at radius 3 is 2.42 bits per heavy atom. The van der Waals surface area contributed by atoms with Crippen molar-refractivity contribution < 1.29 is 19.0 Å². The molecule has 0 atom stereocenters. The molecule has 0 aliphatic carbocycles. The smallest absolute Gasteiger partial charge is 0.311 e. The van der Waals surface area contributed by atoms with Gasteiger partial charge in [-0.05, 0) is 66.4 Å². The topological polar surface area (TPSA) is 75.5 Å². The molecule has 2 aromatic carbocycles. The fraction of sp³-hybridized carbons (Fsp3) is 0.292. The second kappa shape index (κ2) is 8.26. The van der Waals surface area contributed by atoms with Crippen LogP contribution in [-0.2, 0) is 18.3 Å². The first-order valence-electron chi connectivity index (χ1n) is 10.1. The van der Waals surface area contributed by atoms with Crippen LogP contribution in [0.4, 0.5) is 0 Å². The van der Waals surface area contributed by atoms with Crippen LogP contribution in [0.25, 0.3) is 21.8 Å². The van der Waals surface area contributed by atoms with Crippen LogP contribution in [0.3, 0.4) is 0 Å². The van der Waals surface area contributed by atoms with Gasteiger partial charge in [-0.15, -0.1) is 5.10 Å². The van der Waals surface area contributed by atoms with Gasteiger partial charge in [0.1, 0.15) is 11.5 Å². The normalized spacial score (nSPS) is 11.1. The Hall–Kier alpha value is -3.61. The minimum atomic E-state index is -0.292. The molecule has 2 heterocycles. The maximum absolute atomic E-state index is 12.5. The summed E-state index contributed by atoms with van der Waals surface area (Å²) in [7, 11) is 5.06. The Morgan fingerprint density at radius 2 is 1.71 bits per heavy atom. The lowest BCUT2D eigenvalue weighted by Gasteiger charge is -2.11. The van der Waals surface area contributed by atoms with Gasteiger partial charge in [-0.3, -0.25) is 4.79 Å². The molecule has 0 saturated heterocycles. The second-order valence-corrected chi connectivity index (χ2v) is 7.48. The lowest BCUT2D eigenvalue weighted by atomic mass is 10.0. The standard InChI is InChI=1S/C24H25N3O4/c1-14-20(15(2)25-23-22(14)24(30-5)26-27(23)3)10-11-21(28)31-19-9-7-16-6-8-18(29-4)12-17(16)13-19/h6-9,12-13H,10-11H2,1-5H3. The minimum Gasteiger partial charge on any atom is -0.497 e. The molecule has 2 aromatic heterocycles. The molecule has 0 fully saturated rings. The molecule has 0 saturated carbocycles. The molecule has 0 aliphatic rings. The highest BCUT2D eigenvalue weighted by Gasteiger charge is 2.19. The van der Waals surface area contributed by atoms with Crippen molar-refractivity contribution in [3.8, 4) is 17.4 Å². The fourth-order valence-electron chi connectivity index (χ4n) is 3.91. The molecule has 4 aromatic rings. The van der Waals surface area contributed by atoms with E-state index in [1.54, 1.807) is 25.0 Å². The quantitative estimate of drug-likeness (QED) is 0.343. The van der Waals surface area contributed by atoms with Crippen molar-refractivity contribution in [1.29, 1.82) is 0 Å². The summed E-state index contributed by atoms with van der Waals surface area (Å²) in [6, 6.07) is 11.4. The van der Waals surface area contributed by atoms with E-state index in [-0.39, 0.29) is 12.4 Å². The molecule has 7 nitrogen and oxygen atoms in total. The second-order valence-electron chi connectivity index (χ2n) is 7.48. The number of ether oxygens (including phenoxy) is 3. The van der Waals surface area contributed by atoms with Crippen LogP contribution in [0.1, 0.15) is 23.2 Å². The predicted molar refractivity (Wildman–Crippen MR) is 119 cm³/mol. The molecular formula is C24H25N3O4. The zero-order chi connectivity index (χ0) is 22.1. The first-order chi connectivity index (χ1) is 14.9. The molecule has 4 rings (SSSR count). The number of aryl methyl sites for hydroxylation is 3. The third-order valence-corrected chi connectivity index (χ3v) is 5.55. The summed E-state index contributed by atoms with van der Waals surface area (Å²) in [6.45, 7) is 3.96. The van der Waals surface area contributed by atoms with Gasteiger partial charge >= 0.3 is 5.97 Å². The summed E-state index contributed by atoms with van der Waals surface area (Å²) in [5, 5.41) is 7.25. The largest absolute Gasteiger partial charge is 0.497 e. The lowest BCUT2D eigenvalue weighted by Crippen LogP contribution is -2.10. The van der Waals surface area contributed by atoms with Gasteiger partial charge in [-0.25, -0.2) is 9.67 Å². The van der Waals surface area contributed by atoms with E-state index in [4.69, 9.17) is 14.2 Å². The van der Waals surface area contributed by atoms with E-state index in [0.29, 0.717) is 18.1 Å². The van der Waals surface area contributed by atoms with E-state index < -0.39 is 0 Å². The van der Waals surface area contributed by atoms with Crippen LogP contribution < -0.4 is 14.2 Å². The number of pyridine rings is 1. The summed E-state index contributed by atoms with van der Waals surface area (Å²) in [5.74, 6) is 1.52. The highest BCUT2D eigenvalue weighted by molar-refractivity contribution is 5.87. The zero-order valence-corrected chi connectivity index (χ0v) is 18.4. The van der Waals surface area contributed by atoms with Crippen molar-refractivity contribution >= 4 is 27.8 Å². The van der Waals surface area contributed by atoms with Crippen LogP contribution in [0, 0.1) is 13.8 Å². The monoisotopic (exact) mass is 419 g/mol. The SMILES string of the molecule is COc1ccc2ccc(OC(=O)CCc3c(C)nc4c(c(OC)nn4C)c3C)cc2c1. The molecule has 160 valence electrons. The molecular weight excluding hydrogens is 394 g/mol. The first-order valence-corrected chi connectivity index (χ1v) is 10.1. The van der Waals surface area contributed by atoms with Crippen molar-refractivity contribution in [2.45, 2.75) is 26.7 Å². The number of carbonyl (C=O) groups is 1. The molecule has 0 radical (unpaired) electrons. The number of methoxy groups -OCH3 is 2. The number of carbonyl (C=O) groups excluding carboxylic acids is 1. The van der Waals surface area contributed by atoms with Crippen LogP contribution in [0.2, 0.25) is 0 Å². The first kappa shape index (κ1) is 20.7. The van der Waals surface area contributed by atoms with Crippen LogP contribution >= 0.6 is 0 Å². The molecule has 7 heteroatoms. The Kier molecular flexibility index (Phi) is 5.50. The number of nitrogens with zero attached hydrogens (tertiary/aromatic N) is 3. The zero-order valence-electron chi connectivity index (χ0n) is 18.4. The van der Waals surface area contributed by atoms with Gasteiger partial charge in [0.15, 0.2) is 5.65 Å². The van der Waals surface area contributed by atoms with Gasteiger partial charge in [0.25, 0.3) is 0 Å². The molecule has 0 spiro atoms. The summed E-state index contributed by atoms with van der Waals surface area (Å²) < 4.78 is 18.0. The summed E-state index contributed by atoms with van der Waals surface area (Å²) >= 11 is 0. The maximum atomic E-state index is 12.5. The van der Waals surface area contributed by atoms with Gasteiger partial charge in [0.05, 0.1) is 26.0 Å². The Bertz CT molecular complexity index is 1290. The van der Waals surface area contributed by atoms with Gasteiger partial charge in [-0.2, -0.15) is 0 Å². The van der Waals surface area contributed by atoms with E-state index in [0.717, 1.165) is 44.4 Å². The minimum absolute atomic E-state index is 0.244. The Morgan fingerprint density at radius 1 is 1.00 bits per heavy atom. The molecule has 31 heavy (non-hydrogen) atoms. The summed E-state index contributed by atoms with van der Waals surface area (Å²) in [6.07, 6.45) is 0.770. The average molecular weight is 419 g/mol. The van der Waals surface area contributed by atoms with Crippen molar-refractivity contribution in [2.24, 2.45) is 7.05 Å². The van der Waals surface area contributed by atoms with E-state index in [2.05, 4.69) is 10.1 Å². The highest BCUT2D eigenvalue weighted by atomic mass is 16.5. The molecule has 0 N–H and O–H groups in total. The highest BCUT2D eigenvalue weighted by Crippen LogP contribution is 2.31. The van der Waals surface area contributed by atoms with E-state index in [1.165, 1.54) is 0 Å². The van der Waals surface area contributed by atoms with E-state index in [1.807, 2.05) is 51.2 Å². The third kappa shape index (κ3) is 3.91. The van der Waals surface area contributed by atoms with Gasteiger partial charge in [-0.1, -0.05) is 12.1 Å². The fourth-order valence-corrected chi connectivity index (χ4v) is 3.91. The summed E-state index contributed by atoms with van der Waals surface area (Å²) in [5.41, 5.74) is 3.68. The maximum Gasteiger partial charge on any atom is 0.311 e. The number of hydrogen-bond donors (Lipinski definition) is 0. The van der Waals surface area contributed by atoms with Crippen molar-refractivity contribution in [1.82, 2.24) is 14.8 Å². The number of benzene rings is 2. The predicted octanol–water partition coefficient (Wildman–Crippen LogP) is 4.29. The Labute approximate surface area is 180 Å². The Balaban J connectivity index is 1.52. The van der Waals surface area contributed by atoms with Crippen LogP contribution in [0.5, 0.6) is 17.4 Å². The van der Waals surface area contributed by atoms with Crippen molar-refractivity contribution in [3.05, 3.63) is 53.2 Å². The summed E-state index contributed by atoms with van der Waals surface area (Å²) in [4.78, 5) is 17.2. The van der Waals surface area contributed by atoms with E-state index >= 15 is 0 Å². The van der Waals surface area contributed by atoms with Crippen LogP contribution in [-0.4, -0.2) is 35.0 Å². The van der Waals surface area contributed by atoms with Crippen LogP contribution in [0.15, 0.2) is 36.4 Å². The average Bonchev–Trinajstić information content (AvgIpc) is 3.08. The van der Waals surface area contributed by atoms with Gasteiger partial charge < -0.3 is 14.2 Å². The number of rotatable bonds is 6. The van der Waals surface area contributed by atoms with Gasteiger partial charge in [0.2, 0.25) is 5.88 Å². The number of fused-ring (bicyclic) bond motifs is 2. The molecule has 0 unspecified atom stereocenters. The van der Waals surface area contributed by atoms with E-state index in [9.17, 15) is 4.79 Å². The van der Waals surface area contributed by atoms with Crippen molar-refractivity contribution in [3.63, 3.8) is 0 Å². The molecule has 0 bridgehead atoms. The molecule has 0 aliphatic heterocycles. The lowest BCUT2D eigenvalue weighted by molar-refractivity contribution is -0.134. The van der Waals surface area contributed by atoms with Gasteiger partial charge in [0, 0.05) is 12.7 Å². The van der Waals surface area contributed by atoms with Crippen molar-refractivity contribution in [2.75, 3.05) is 14.2 Å². The number of hydrogen-bond acceptors (Lipinski definition) is 6.